The van der Waals surface area contributed by atoms with Gasteiger partial charge in [0.25, 0.3) is 0 Å². The van der Waals surface area contributed by atoms with Crippen LogP contribution in [0.5, 0.6) is 0 Å². The SMILES string of the molecule is Cc1nc([C@@H](C)NC(=O)N2CCC[C@H](O)C2)cs1. The molecule has 0 bridgehead atoms. The van der Waals surface area contributed by atoms with Crippen molar-refractivity contribution in [2.75, 3.05) is 13.1 Å². The number of nitrogens with zero attached hydrogens (tertiary/aromatic N) is 2. The largest absolute Gasteiger partial charge is 0.391 e. The van der Waals surface area contributed by atoms with E-state index in [1.807, 2.05) is 19.2 Å². The van der Waals surface area contributed by atoms with Crippen molar-refractivity contribution in [3.63, 3.8) is 0 Å². The summed E-state index contributed by atoms with van der Waals surface area (Å²) in [4.78, 5) is 18.0. The Kier molecular flexibility index (Phi) is 4.19. The number of aryl methyl sites for hydroxylation is 1. The van der Waals surface area contributed by atoms with Crippen LogP contribution in [-0.4, -0.2) is 40.2 Å². The molecule has 2 rings (SSSR count). The first kappa shape index (κ1) is 13.3. The minimum atomic E-state index is -0.388. The summed E-state index contributed by atoms with van der Waals surface area (Å²) < 4.78 is 0. The molecule has 1 aromatic heterocycles. The van der Waals surface area contributed by atoms with Crippen LogP contribution in [0.1, 0.15) is 36.5 Å². The molecule has 0 unspecified atom stereocenters. The van der Waals surface area contributed by atoms with E-state index in [1.54, 1.807) is 16.2 Å². The lowest BCUT2D eigenvalue weighted by Crippen LogP contribution is -2.47. The Morgan fingerprint density at radius 1 is 1.72 bits per heavy atom. The minimum absolute atomic E-state index is 0.0958. The summed E-state index contributed by atoms with van der Waals surface area (Å²) in [6.07, 6.45) is 1.25. The molecule has 18 heavy (non-hydrogen) atoms. The smallest absolute Gasteiger partial charge is 0.318 e. The van der Waals surface area contributed by atoms with Crippen LogP contribution in [0.2, 0.25) is 0 Å². The average molecular weight is 269 g/mol. The van der Waals surface area contributed by atoms with Crippen LogP contribution in [0.15, 0.2) is 5.38 Å². The summed E-state index contributed by atoms with van der Waals surface area (Å²) >= 11 is 1.58. The number of piperidine rings is 1. The van der Waals surface area contributed by atoms with Gasteiger partial charge in [-0.3, -0.25) is 0 Å². The van der Waals surface area contributed by atoms with Crippen LogP contribution in [0.4, 0.5) is 4.79 Å². The zero-order chi connectivity index (χ0) is 13.1. The fraction of sp³-hybridized carbons (Fsp3) is 0.667. The second kappa shape index (κ2) is 5.67. The zero-order valence-corrected chi connectivity index (χ0v) is 11.5. The number of hydrogen-bond donors (Lipinski definition) is 2. The lowest BCUT2D eigenvalue weighted by Gasteiger charge is -2.31. The third kappa shape index (κ3) is 3.20. The molecule has 1 aromatic rings. The molecule has 1 aliphatic heterocycles. The monoisotopic (exact) mass is 269 g/mol. The molecule has 1 fully saturated rings. The summed E-state index contributed by atoms with van der Waals surface area (Å²) in [6, 6.07) is -0.214. The molecule has 2 amide bonds. The number of carbonyl (C=O) groups is 1. The Hall–Kier alpha value is -1.14. The average Bonchev–Trinajstić information content (AvgIpc) is 2.76. The maximum absolute atomic E-state index is 12.0. The van der Waals surface area contributed by atoms with Gasteiger partial charge in [-0.05, 0) is 26.7 Å². The molecule has 0 aliphatic carbocycles. The van der Waals surface area contributed by atoms with Gasteiger partial charge in [0.15, 0.2) is 0 Å². The first-order valence-corrected chi connectivity index (χ1v) is 7.09. The van der Waals surface area contributed by atoms with E-state index in [1.165, 1.54) is 0 Å². The van der Waals surface area contributed by atoms with Crippen molar-refractivity contribution in [3.05, 3.63) is 16.1 Å². The topological polar surface area (TPSA) is 65.5 Å². The molecule has 2 atom stereocenters. The van der Waals surface area contributed by atoms with E-state index in [0.717, 1.165) is 23.5 Å². The van der Waals surface area contributed by atoms with Crippen LogP contribution in [-0.2, 0) is 0 Å². The first-order valence-electron chi connectivity index (χ1n) is 6.22. The molecule has 1 saturated heterocycles. The Balaban J connectivity index is 1.90. The highest BCUT2D eigenvalue weighted by atomic mass is 32.1. The Morgan fingerprint density at radius 2 is 2.50 bits per heavy atom. The Bertz CT molecular complexity index is 421. The number of nitrogens with one attached hydrogen (secondary N) is 1. The summed E-state index contributed by atoms with van der Waals surface area (Å²) in [7, 11) is 0. The number of carbonyl (C=O) groups excluding carboxylic acids is 1. The number of β-amino-alcohol motifs (C(OH)–C–C–N with tert-alkyl or cyclic N) is 1. The van der Waals surface area contributed by atoms with Crippen LogP contribution in [0, 0.1) is 6.92 Å². The third-order valence-electron chi connectivity index (χ3n) is 3.10. The maximum atomic E-state index is 12.0. The van der Waals surface area contributed by atoms with Gasteiger partial charge in [0.05, 0.1) is 22.8 Å². The molecule has 100 valence electrons. The van der Waals surface area contributed by atoms with E-state index in [9.17, 15) is 9.90 Å². The number of hydrogen-bond acceptors (Lipinski definition) is 4. The van der Waals surface area contributed by atoms with E-state index in [4.69, 9.17) is 0 Å². The minimum Gasteiger partial charge on any atom is -0.391 e. The van der Waals surface area contributed by atoms with Crippen molar-refractivity contribution in [1.29, 1.82) is 0 Å². The highest BCUT2D eigenvalue weighted by Gasteiger charge is 2.23. The number of urea groups is 1. The Morgan fingerprint density at radius 3 is 3.11 bits per heavy atom. The summed E-state index contributed by atoms with van der Waals surface area (Å²) in [6.45, 7) is 5.01. The molecule has 0 aromatic carbocycles. The molecule has 5 nitrogen and oxygen atoms in total. The highest BCUT2D eigenvalue weighted by molar-refractivity contribution is 7.09. The summed E-state index contributed by atoms with van der Waals surface area (Å²) in [5.74, 6) is 0. The van der Waals surface area contributed by atoms with Gasteiger partial charge in [0, 0.05) is 18.5 Å². The quantitative estimate of drug-likeness (QED) is 0.858. The van der Waals surface area contributed by atoms with Crippen molar-refractivity contribution < 1.29 is 9.90 Å². The second-order valence-electron chi connectivity index (χ2n) is 4.70. The van der Waals surface area contributed by atoms with Crippen LogP contribution < -0.4 is 5.32 Å². The predicted molar refractivity (Wildman–Crippen MR) is 70.6 cm³/mol. The van der Waals surface area contributed by atoms with Gasteiger partial charge in [0.1, 0.15) is 0 Å². The van der Waals surface area contributed by atoms with E-state index < -0.39 is 0 Å². The van der Waals surface area contributed by atoms with Crippen molar-refractivity contribution in [2.24, 2.45) is 0 Å². The first-order chi connectivity index (χ1) is 8.56. The van der Waals surface area contributed by atoms with E-state index in [-0.39, 0.29) is 18.2 Å². The number of aliphatic hydroxyl groups excluding tert-OH is 1. The number of aliphatic hydroxyl groups is 1. The Labute approximate surface area is 111 Å². The van der Waals surface area contributed by atoms with Crippen molar-refractivity contribution >= 4 is 17.4 Å². The number of thiazole rings is 1. The number of amides is 2. The van der Waals surface area contributed by atoms with E-state index in [0.29, 0.717) is 13.1 Å². The lowest BCUT2D eigenvalue weighted by atomic mass is 10.1. The van der Waals surface area contributed by atoms with Gasteiger partial charge in [-0.15, -0.1) is 11.3 Å². The zero-order valence-electron chi connectivity index (χ0n) is 10.7. The second-order valence-corrected chi connectivity index (χ2v) is 5.77. The molecule has 1 aliphatic rings. The van der Waals surface area contributed by atoms with Gasteiger partial charge >= 0.3 is 6.03 Å². The van der Waals surface area contributed by atoms with Gasteiger partial charge < -0.3 is 15.3 Å². The standard InChI is InChI=1S/C12H19N3O2S/c1-8(11-7-18-9(2)14-11)13-12(17)15-5-3-4-10(16)6-15/h7-8,10,16H,3-6H2,1-2H3,(H,13,17)/t8-,10+/m1/s1. The van der Waals surface area contributed by atoms with Crippen molar-refractivity contribution in [1.82, 2.24) is 15.2 Å². The fourth-order valence-corrected chi connectivity index (χ4v) is 2.77. The molecular weight excluding hydrogens is 250 g/mol. The molecular formula is C12H19N3O2S. The maximum Gasteiger partial charge on any atom is 0.318 e. The predicted octanol–water partition coefficient (Wildman–Crippen LogP) is 1.68. The summed E-state index contributed by atoms with van der Waals surface area (Å²) in [5.41, 5.74) is 0.892. The molecule has 0 spiro atoms. The molecule has 2 heterocycles. The highest BCUT2D eigenvalue weighted by Crippen LogP contribution is 2.17. The van der Waals surface area contributed by atoms with Gasteiger partial charge in [-0.2, -0.15) is 0 Å². The van der Waals surface area contributed by atoms with Crippen molar-refractivity contribution in [2.45, 2.75) is 38.8 Å². The van der Waals surface area contributed by atoms with E-state index >= 15 is 0 Å². The van der Waals surface area contributed by atoms with Gasteiger partial charge in [-0.1, -0.05) is 0 Å². The molecule has 2 N–H and O–H groups in total. The molecule has 6 heteroatoms. The normalized spacial score (nSPS) is 21.7. The van der Waals surface area contributed by atoms with Gasteiger partial charge in [-0.25, -0.2) is 9.78 Å². The number of aromatic nitrogens is 1. The molecule has 0 saturated carbocycles. The van der Waals surface area contributed by atoms with Crippen LogP contribution in [0.25, 0.3) is 0 Å². The van der Waals surface area contributed by atoms with Crippen LogP contribution in [0.3, 0.4) is 0 Å². The van der Waals surface area contributed by atoms with Crippen LogP contribution >= 0.6 is 11.3 Å². The fourth-order valence-electron chi connectivity index (χ4n) is 2.07. The summed E-state index contributed by atoms with van der Waals surface area (Å²) in [5, 5.41) is 15.4. The van der Waals surface area contributed by atoms with Gasteiger partial charge in [0.2, 0.25) is 0 Å². The van der Waals surface area contributed by atoms with E-state index in [2.05, 4.69) is 10.3 Å². The lowest BCUT2D eigenvalue weighted by molar-refractivity contribution is 0.0834. The van der Waals surface area contributed by atoms with Crippen molar-refractivity contribution in [3.8, 4) is 0 Å². The molecule has 0 radical (unpaired) electrons. The number of rotatable bonds is 2. The number of likely N-dealkylation sites (tertiary alicyclic amines) is 1. The third-order valence-corrected chi connectivity index (χ3v) is 3.90.